The van der Waals surface area contributed by atoms with Crippen LogP contribution >= 0.6 is 0 Å². The molecule has 5 nitrogen and oxygen atoms in total. The van der Waals surface area contributed by atoms with Crippen molar-refractivity contribution in [1.29, 1.82) is 0 Å². The van der Waals surface area contributed by atoms with E-state index >= 15 is 0 Å². The van der Waals surface area contributed by atoms with Crippen molar-refractivity contribution in [2.75, 3.05) is 0 Å². The highest BCUT2D eigenvalue weighted by Crippen LogP contribution is 2.44. The molecule has 1 fully saturated rings. The molecule has 0 bridgehead atoms. The Labute approximate surface area is 168 Å². The molecule has 156 valence electrons. The number of carbonyl (C=O) groups is 2. The van der Waals surface area contributed by atoms with Gasteiger partial charge in [0.15, 0.2) is 0 Å². The molecule has 3 rings (SSSR count). The topological polar surface area (TPSA) is 72.8 Å². The summed E-state index contributed by atoms with van der Waals surface area (Å²) in [6, 6.07) is 0. The summed E-state index contributed by atoms with van der Waals surface area (Å²) in [5.41, 5.74) is 1.27. The van der Waals surface area contributed by atoms with Crippen LogP contribution in [0, 0.1) is 23.7 Å². The standard InChI is InChI=1S/C23H34O5/c1-4-14(2)23(26)28-20-7-5-6-16-9-8-15(3)19(22(16)20)11-10-18-12-17(24)13-21(25)27-18/h6,8-9,14-15,17-20,22,24H,4-5,7,10-13H2,1-3H3/t14-,15-,17+,18+,19+,20-,22-/m0/s1. The Kier molecular flexibility index (Phi) is 6.97. The van der Waals surface area contributed by atoms with Crippen LogP contribution < -0.4 is 0 Å². The zero-order chi connectivity index (χ0) is 20.3. The second kappa shape index (κ2) is 9.25. The molecule has 5 heteroatoms. The minimum Gasteiger partial charge on any atom is -0.462 e. The monoisotopic (exact) mass is 390 g/mol. The van der Waals surface area contributed by atoms with E-state index in [1.165, 1.54) is 5.57 Å². The van der Waals surface area contributed by atoms with E-state index in [2.05, 4.69) is 25.2 Å². The van der Waals surface area contributed by atoms with Crippen molar-refractivity contribution in [3.63, 3.8) is 0 Å². The lowest BCUT2D eigenvalue weighted by molar-refractivity contribution is -0.162. The van der Waals surface area contributed by atoms with Crippen LogP contribution in [0.4, 0.5) is 0 Å². The number of allylic oxidation sites excluding steroid dienone is 3. The molecular weight excluding hydrogens is 356 g/mol. The van der Waals surface area contributed by atoms with E-state index < -0.39 is 6.10 Å². The molecule has 0 radical (unpaired) electrons. The number of ether oxygens (including phenoxy) is 2. The predicted molar refractivity (Wildman–Crippen MR) is 106 cm³/mol. The van der Waals surface area contributed by atoms with E-state index in [0.29, 0.717) is 18.3 Å². The molecule has 1 aliphatic heterocycles. The third-order valence-corrected chi connectivity index (χ3v) is 6.69. The van der Waals surface area contributed by atoms with Gasteiger partial charge in [-0.3, -0.25) is 9.59 Å². The summed E-state index contributed by atoms with van der Waals surface area (Å²) in [6.07, 6.45) is 10.6. The van der Waals surface area contributed by atoms with Crippen LogP contribution in [0.3, 0.4) is 0 Å². The lowest BCUT2D eigenvalue weighted by atomic mass is 9.66. The van der Waals surface area contributed by atoms with Gasteiger partial charge in [0.05, 0.1) is 18.4 Å². The summed E-state index contributed by atoms with van der Waals surface area (Å²) in [6.45, 7) is 6.14. The third-order valence-electron chi connectivity index (χ3n) is 6.69. The van der Waals surface area contributed by atoms with E-state index in [9.17, 15) is 14.7 Å². The molecule has 0 saturated carbocycles. The van der Waals surface area contributed by atoms with E-state index in [-0.39, 0.29) is 42.4 Å². The number of aliphatic hydroxyl groups is 1. The molecule has 0 aromatic heterocycles. The van der Waals surface area contributed by atoms with Crippen LogP contribution in [0.2, 0.25) is 0 Å². The summed E-state index contributed by atoms with van der Waals surface area (Å²) in [7, 11) is 0. The predicted octanol–water partition coefficient (Wildman–Crippen LogP) is 3.95. The summed E-state index contributed by atoms with van der Waals surface area (Å²) in [5, 5.41) is 9.86. The van der Waals surface area contributed by atoms with Crippen LogP contribution in [0.25, 0.3) is 0 Å². The Morgan fingerprint density at radius 3 is 2.89 bits per heavy atom. The highest BCUT2D eigenvalue weighted by molar-refractivity contribution is 5.72. The highest BCUT2D eigenvalue weighted by atomic mass is 16.5. The van der Waals surface area contributed by atoms with E-state index in [0.717, 1.165) is 32.1 Å². The Bertz CT molecular complexity index is 637. The average molecular weight is 391 g/mol. The molecule has 1 N–H and O–H groups in total. The largest absolute Gasteiger partial charge is 0.462 e. The van der Waals surface area contributed by atoms with Crippen molar-refractivity contribution in [1.82, 2.24) is 0 Å². The van der Waals surface area contributed by atoms with E-state index in [4.69, 9.17) is 9.47 Å². The van der Waals surface area contributed by atoms with Crippen LogP contribution in [-0.4, -0.2) is 35.4 Å². The molecule has 0 spiro atoms. The normalized spacial score (nSPS) is 36.1. The van der Waals surface area contributed by atoms with Crippen molar-refractivity contribution in [3.8, 4) is 0 Å². The third kappa shape index (κ3) is 4.86. The number of hydrogen-bond donors (Lipinski definition) is 1. The van der Waals surface area contributed by atoms with Crippen molar-refractivity contribution in [2.45, 2.75) is 84.0 Å². The van der Waals surface area contributed by atoms with Crippen molar-refractivity contribution >= 4 is 11.9 Å². The van der Waals surface area contributed by atoms with Gasteiger partial charge in [-0.05, 0) is 49.5 Å². The maximum absolute atomic E-state index is 12.4. The molecule has 28 heavy (non-hydrogen) atoms. The first-order valence-corrected chi connectivity index (χ1v) is 10.8. The SMILES string of the molecule is CC[C@H](C)C(=O)O[C@H]1CCC=C2C=C[C@H](C)[C@@H](CC[C@@H]3C[C@@H](O)CC(=O)O3)[C@H]21. The molecule has 0 amide bonds. The van der Waals surface area contributed by atoms with Gasteiger partial charge in [0, 0.05) is 12.3 Å². The molecule has 0 aromatic carbocycles. The van der Waals surface area contributed by atoms with Gasteiger partial charge in [0.1, 0.15) is 12.2 Å². The van der Waals surface area contributed by atoms with Crippen LogP contribution in [-0.2, 0) is 19.1 Å². The highest BCUT2D eigenvalue weighted by Gasteiger charge is 2.40. The molecule has 0 unspecified atom stereocenters. The summed E-state index contributed by atoms with van der Waals surface area (Å²) >= 11 is 0. The van der Waals surface area contributed by atoms with Crippen LogP contribution in [0.15, 0.2) is 23.8 Å². The van der Waals surface area contributed by atoms with Gasteiger partial charge in [-0.15, -0.1) is 0 Å². The van der Waals surface area contributed by atoms with Gasteiger partial charge in [-0.1, -0.05) is 39.0 Å². The zero-order valence-corrected chi connectivity index (χ0v) is 17.3. The van der Waals surface area contributed by atoms with E-state index in [1.807, 2.05) is 13.8 Å². The number of rotatable bonds is 6. The van der Waals surface area contributed by atoms with Crippen molar-refractivity contribution < 1.29 is 24.2 Å². The summed E-state index contributed by atoms with van der Waals surface area (Å²) in [5.74, 6) is 0.426. The van der Waals surface area contributed by atoms with Gasteiger partial charge < -0.3 is 14.6 Å². The van der Waals surface area contributed by atoms with Crippen LogP contribution in [0.1, 0.15) is 65.7 Å². The van der Waals surface area contributed by atoms with Gasteiger partial charge >= 0.3 is 11.9 Å². The molecular formula is C23H34O5. The quantitative estimate of drug-likeness (QED) is 0.695. The number of fused-ring (bicyclic) bond motifs is 1. The lowest BCUT2D eigenvalue weighted by Gasteiger charge is -2.42. The maximum atomic E-state index is 12.4. The molecule has 2 aliphatic carbocycles. The fraction of sp³-hybridized carbons (Fsp3) is 0.739. The van der Waals surface area contributed by atoms with Crippen molar-refractivity contribution in [2.24, 2.45) is 23.7 Å². The first kappa shape index (κ1) is 21.1. The van der Waals surface area contributed by atoms with Gasteiger partial charge in [0.2, 0.25) is 0 Å². The zero-order valence-electron chi connectivity index (χ0n) is 17.3. The number of cyclic esters (lactones) is 1. The molecule has 1 saturated heterocycles. The number of hydrogen-bond acceptors (Lipinski definition) is 5. The number of aliphatic hydroxyl groups excluding tert-OH is 1. The van der Waals surface area contributed by atoms with Crippen molar-refractivity contribution in [3.05, 3.63) is 23.8 Å². The molecule has 3 aliphatic rings. The maximum Gasteiger partial charge on any atom is 0.308 e. The fourth-order valence-corrected chi connectivity index (χ4v) is 4.80. The Hall–Kier alpha value is -1.62. The number of carbonyl (C=O) groups excluding carboxylic acids is 2. The fourth-order valence-electron chi connectivity index (χ4n) is 4.80. The Morgan fingerprint density at radius 2 is 2.18 bits per heavy atom. The second-order valence-electron chi connectivity index (χ2n) is 8.76. The summed E-state index contributed by atoms with van der Waals surface area (Å²) < 4.78 is 11.4. The minimum absolute atomic E-state index is 0.0764. The second-order valence-corrected chi connectivity index (χ2v) is 8.76. The van der Waals surface area contributed by atoms with Gasteiger partial charge in [0.25, 0.3) is 0 Å². The first-order chi connectivity index (χ1) is 13.4. The number of esters is 2. The first-order valence-electron chi connectivity index (χ1n) is 10.8. The van der Waals surface area contributed by atoms with E-state index in [1.54, 1.807) is 0 Å². The average Bonchev–Trinajstić information content (AvgIpc) is 2.66. The summed E-state index contributed by atoms with van der Waals surface area (Å²) in [4.78, 5) is 24.1. The lowest BCUT2D eigenvalue weighted by Crippen LogP contribution is -2.40. The Balaban J connectivity index is 1.70. The van der Waals surface area contributed by atoms with Gasteiger partial charge in [-0.2, -0.15) is 0 Å². The molecule has 1 heterocycles. The minimum atomic E-state index is -0.593. The molecule has 7 atom stereocenters. The van der Waals surface area contributed by atoms with Crippen LogP contribution in [0.5, 0.6) is 0 Å². The molecule has 0 aromatic rings. The Morgan fingerprint density at radius 1 is 1.39 bits per heavy atom. The van der Waals surface area contributed by atoms with Gasteiger partial charge in [-0.25, -0.2) is 0 Å². The smallest absolute Gasteiger partial charge is 0.308 e.